The first-order valence-corrected chi connectivity index (χ1v) is 14.2. The normalized spacial score (nSPS) is 47.3. The van der Waals surface area contributed by atoms with Gasteiger partial charge < -0.3 is 31.5 Å². The van der Waals surface area contributed by atoms with Gasteiger partial charge in [-0.2, -0.15) is 0 Å². The zero-order valence-corrected chi connectivity index (χ0v) is 23.9. The molecular weight excluding hydrogens is 484 g/mol. The van der Waals surface area contributed by atoms with E-state index in [2.05, 4.69) is 13.8 Å². The van der Waals surface area contributed by atoms with Crippen LogP contribution in [0.2, 0.25) is 0 Å². The Bertz CT molecular complexity index is 1050. The van der Waals surface area contributed by atoms with Crippen molar-refractivity contribution in [2.45, 2.75) is 122 Å². The molecule has 0 saturated heterocycles. The number of nitrogens with two attached hydrogens (primary N) is 2. The second-order valence-corrected chi connectivity index (χ2v) is 13.7. The van der Waals surface area contributed by atoms with E-state index in [1.807, 2.05) is 26.8 Å². The summed E-state index contributed by atoms with van der Waals surface area (Å²) in [6, 6.07) is 0. The summed E-state index contributed by atoms with van der Waals surface area (Å²) in [6.07, 6.45) is 4.20. The Morgan fingerprint density at radius 3 is 2.32 bits per heavy atom. The lowest BCUT2D eigenvalue weighted by Gasteiger charge is -2.69. The minimum atomic E-state index is -1.01. The summed E-state index contributed by atoms with van der Waals surface area (Å²) >= 11 is 0. The number of rotatable bonds is 5. The zero-order valence-electron chi connectivity index (χ0n) is 23.9. The van der Waals surface area contributed by atoms with Gasteiger partial charge in [-0.3, -0.25) is 4.79 Å². The van der Waals surface area contributed by atoms with Crippen LogP contribution in [0.3, 0.4) is 0 Å². The Hall–Kier alpha value is -1.74. The Balaban J connectivity index is 1.83. The van der Waals surface area contributed by atoms with Gasteiger partial charge in [0, 0.05) is 29.5 Å². The van der Waals surface area contributed by atoms with Crippen LogP contribution in [-0.4, -0.2) is 56.6 Å². The SMILES string of the molecule is CC(=O)O[C@H]1C[C@@]2(C)[C@@H](C[C@@H](O)[C@H]3[C@@]4(C)CC[C@@H](O)[C@](C)(N)[C@@H]4CC[C@@]32N)/C1=C(\CCC=C(C)C)C(=O)O. The fourth-order valence-corrected chi connectivity index (χ4v) is 9.51. The molecule has 7 N–H and O–H groups in total. The number of aliphatic carboxylic acids is 1. The molecule has 0 heterocycles. The number of allylic oxidation sites excluding steroid dienone is 2. The van der Waals surface area contributed by atoms with Crippen molar-refractivity contribution < 1.29 is 29.6 Å². The second-order valence-electron chi connectivity index (χ2n) is 13.7. The van der Waals surface area contributed by atoms with E-state index in [1.54, 1.807) is 0 Å². The molecule has 38 heavy (non-hydrogen) atoms. The van der Waals surface area contributed by atoms with Crippen LogP contribution in [0.5, 0.6) is 0 Å². The highest BCUT2D eigenvalue weighted by Gasteiger charge is 2.72. The van der Waals surface area contributed by atoms with E-state index in [-0.39, 0.29) is 28.7 Å². The van der Waals surface area contributed by atoms with Gasteiger partial charge in [0.15, 0.2) is 0 Å². The number of hydrogen-bond donors (Lipinski definition) is 5. The lowest BCUT2D eigenvalue weighted by atomic mass is 9.38. The van der Waals surface area contributed by atoms with Gasteiger partial charge in [0.2, 0.25) is 0 Å². The third kappa shape index (κ3) is 4.27. The van der Waals surface area contributed by atoms with Crippen LogP contribution in [-0.2, 0) is 14.3 Å². The van der Waals surface area contributed by atoms with Gasteiger partial charge in [0.05, 0.1) is 12.2 Å². The van der Waals surface area contributed by atoms with Gasteiger partial charge in [-0.05, 0) is 100 Å². The van der Waals surface area contributed by atoms with Crippen LogP contribution in [0.15, 0.2) is 22.8 Å². The molecule has 10 atom stereocenters. The van der Waals surface area contributed by atoms with Gasteiger partial charge in [-0.15, -0.1) is 0 Å². The van der Waals surface area contributed by atoms with E-state index < -0.39 is 46.7 Å². The van der Waals surface area contributed by atoms with E-state index in [1.165, 1.54) is 6.92 Å². The Morgan fingerprint density at radius 1 is 1.08 bits per heavy atom. The molecule has 8 nitrogen and oxygen atoms in total. The molecule has 0 aliphatic heterocycles. The molecule has 0 unspecified atom stereocenters. The number of hydrogen-bond acceptors (Lipinski definition) is 7. The highest BCUT2D eigenvalue weighted by molar-refractivity contribution is 5.88. The third-order valence-electron chi connectivity index (χ3n) is 11.2. The first-order chi connectivity index (χ1) is 17.5. The molecule has 0 aromatic rings. The number of carboxylic acid groups (broad SMARTS) is 1. The van der Waals surface area contributed by atoms with Crippen molar-refractivity contribution in [3.63, 3.8) is 0 Å². The molecule has 4 rings (SSSR count). The lowest BCUT2D eigenvalue weighted by molar-refractivity contribution is -0.206. The van der Waals surface area contributed by atoms with Crippen molar-refractivity contribution in [2.75, 3.05) is 0 Å². The smallest absolute Gasteiger partial charge is 0.331 e. The van der Waals surface area contributed by atoms with Crippen molar-refractivity contribution in [3.05, 3.63) is 22.8 Å². The number of carboxylic acids is 1. The predicted octanol–water partition coefficient (Wildman–Crippen LogP) is 3.44. The van der Waals surface area contributed by atoms with Crippen LogP contribution in [0.1, 0.15) is 92.9 Å². The molecule has 0 aromatic heterocycles. The van der Waals surface area contributed by atoms with E-state index in [9.17, 15) is 24.9 Å². The number of aliphatic hydroxyl groups excluding tert-OH is 2. The molecule has 8 heteroatoms. The predicted molar refractivity (Wildman–Crippen MR) is 145 cm³/mol. The molecule has 0 radical (unpaired) electrons. The lowest BCUT2D eigenvalue weighted by Crippen LogP contribution is -2.77. The molecule has 4 saturated carbocycles. The summed E-state index contributed by atoms with van der Waals surface area (Å²) in [5, 5.41) is 32.9. The summed E-state index contributed by atoms with van der Waals surface area (Å²) in [5.41, 5.74) is 13.7. The van der Waals surface area contributed by atoms with Crippen LogP contribution < -0.4 is 11.5 Å². The number of carbonyl (C=O) groups excluding carboxylic acids is 1. The molecule has 4 aliphatic rings. The fraction of sp³-hybridized carbons (Fsp3) is 0.800. The summed E-state index contributed by atoms with van der Waals surface area (Å²) in [5.74, 6) is -2.07. The van der Waals surface area contributed by atoms with Gasteiger partial charge in [-0.25, -0.2) is 4.79 Å². The molecule has 4 fully saturated rings. The highest BCUT2D eigenvalue weighted by atomic mass is 16.5. The second kappa shape index (κ2) is 9.72. The first-order valence-electron chi connectivity index (χ1n) is 14.2. The highest BCUT2D eigenvalue weighted by Crippen LogP contribution is 2.70. The van der Waals surface area contributed by atoms with Gasteiger partial charge >= 0.3 is 11.9 Å². The van der Waals surface area contributed by atoms with Crippen LogP contribution in [0.25, 0.3) is 0 Å². The molecule has 4 aliphatic carbocycles. The van der Waals surface area contributed by atoms with Gasteiger partial charge in [0.1, 0.15) is 6.10 Å². The van der Waals surface area contributed by atoms with Crippen molar-refractivity contribution in [1.82, 2.24) is 0 Å². The van der Waals surface area contributed by atoms with Crippen molar-refractivity contribution in [3.8, 4) is 0 Å². The van der Waals surface area contributed by atoms with E-state index in [4.69, 9.17) is 16.2 Å². The Kier molecular flexibility index (Phi) is 7.48. The maximum atomic E-state index is 12.6. The zero-order chi connectivity index (χ0) is 28.4. The maximum absolute atomic E-state index is 12.6. The number of fused-ring (bicyclic) bond motifs is 5. The summed E-state index contributed by atoms with van der Waals surface area (Å²) in [6.45, 7) is 11.5. The average molecular weight is 533 g/mol. The van der Waals surface area contributed by atoms with Crippen molar-refractivity contribution in [2.24, 2.45) is 40.1 Å². The summed E-state index contributed by atoms with van der Waals surface area (Å²) in [4.78, 5) is 24.8. The topological polar surface area (TPSA) is 156 Å². The van der Waals surface area contributed by atoms with Gasteiger partial charge in [0.25, 0.3) is 0 Å². The van der Waals surface area contributed by atoms with E-state index in [0.717, 1.165) is 5.57 Å². The number of carbonyl (C=O) groups is 2. The number of ether oxygens (including phenoxy) is 1. The Labute approximate surface area is 226 Å². The van der Waals surface area contributed by atoms with Crippen LogP contribution in [0.4, 0.5) is 0 Å². The Morgan fingerprint density at radius 2 is 1.74 bits per heavy atom. The molecule has 0 amide bonds. The number of esters is 1. The number of aliphatic hydroxyl groups is 2. The van der Waals surface area contributed by atoms with Crippen LogP contribution >= 0.6 is 0 Å². The molecule has 0 aromatic carbocycles. The summed E-state index contributed by atoms with van der Waals surface area (Å²) in [7, 11) is 0. The molecular formula is C30H48N2O6. The van der Waals surface area contributed by atoms with Crippen molar-refractivity contribution in [1.29, 1.82) is 0 Å². The minimum absolute atomic E-state index is 0.00504. The van der Waals surface area contributed by atoms with Gasteiger partial charge in [-0.1, -0.05) is 25.5 Å². The van der Waals surface area contributed by atoms with E-state index >= 15 is 0 Å². The van der Waals surface area contributed by atoms with Crippen molar-refractivity contribution >= 4 is 11.9 Å². The monoisotopic (exact) mass is 532 g/mol. The fourth-order valence-electron chi connectivity index (χ4n) is 9.51. The largest absolute Gasteiger partial charge is 0.478 e. The third-order valence-corrected chi connectivity index (χ3v) is 11.2. The van der Waals surface area contributed by atoms with Crippen LogP contribution in [0, 0.1) is 28.6 Å². The average Bonchev–Trinajstić information content (AvgIpc) is 3.05. The quantitative estimate of drug-likeness (QED) is 0.205. The summed E-state index contributed by atoms with van der Waals surface area (Å²) < 4.78 is 5.81. The maximum Gasteiger partial charge on any atom is 0.331 e. The molecule has 0 bridgehead atoms. The van der Waals surface area contributed by atoms with E-state index in [0.29, 0.717) is 56.9 Å². The molecule has 214 valence electrons. The standard InChI is InChI=1S/C30H48N2O6/c1-16(2)8-7-9-18(26(36)37)24-19-14-20(34)25-27(4)12-11-23(35)29(6,31)22(27)10-13-30(25,32)28(19,5)15-21(24)38-17(3)33/h8,19-23,25,34-35H,7,9-15,31-32H2,1-6H3,(H,36,37)/b24-18-/t19-,20+,21-,22+,23+,25-,27-,28-,29+,30+/m0/s1. The molecule has 0 spiro atoms. The minimum Gasteiger partial charge on any atom is -0.478 e. The first kappa shape index (κ1) is 29.2.